The van der Waals surface area contributed by atoms with Crippen LogP contribution in [-0.4, -0.2) is 16.0 Å². The number of rotatable bonds is 6. The highest BCUT2D eigenvalue weighted by Crippen LogP contribution is 2.27. The summed E-state index contributed by atoms with van der Waals surface area (Å²) in [7, 11) is 0. The third-order valence-corrected chi connectivity index (χ3v) is 4.87. The molecule has 0 aliphatic carbocycles. The van der Waals surface area contributed by atoms with Gasteiger partial charge in [-0.3, -0.25) is 0 Å². The normalized spacial score (nSPS) is 12.1. The second-order valence-electron chi connectivity index (χ2n) is 7.11. The number of hydrogen-bond acceptors (Lipinski definition) is 3. The molecule has 0 unspecified atom stereocenters. The molecule has 146 valence electrons. The molecule has 0 spiro atoms. The number of nitrogens with zero attached hydrogens (tertiary/aromatic N) is 2. The van der Waals surface area contributed by atoms with E-state index in [0.29, 0.717) is 11.3 Å². The molecule has 0 bridgehead atoms. The maximum Gasteiger partial charge on any atom is 0.165 e. The Morgan fingerprint density at radius 1 is 0.897 bits per heavy atom. The zero-order valence-corrected chi connectivity index (χ0v) is 16.1. The molecule has 1 N–H and O–H groups in total. The molecule has 4 aromatic rings. The van der Waals surface area contributed by atoms with Crippen LogP contribution in [0.25, 0.3) is 22.3 Å². The molecule has 3 aromatic carbocycles. The van der Waals surface area contributed by atoms with Crippen LogP contribution in [0.2, 0.25) is 0 Å². The molecule has 4 rings (SSSR count). The zero-order chi connectivity index (χ0) is 20.2. The predicted molar refractivity (Wildman–Crippen MR) is 113 cm³/mol. The third-order valence-electron chi connectivity index (χ3n) is 4.87. The maximum absolute atomic E-state index is 14.3. The van der Waals surface area contributed by atoms with Gasteiger partial charge in [-0.2, -0.15) is 0 Å². The van der Waals surface area contributed by atoms with Gasteiger partial charge in [0.15, 0.2) is 5.82 Å². The Labute approximate surface area is 168 Å². The van der Waals surface area contributed by atoms with Gasteiger partial charge in [-0.05, 0) is 49.6 Å². The lowest BCUT2D eigenvalue weighted by Gasteiger charge is -2.17. The van der Waals surface area contributed by atoms with Gasteiger partial charge >= 0.3 is 0 Å². The second-order valence-corrected chi connectivity index (χ2v) is 7.11. The Hall–Kier alpha value is -3.34. The van der Waals surface area contributed by atoms with Gasteiger partial charge < -0.3 is 5.32 Å². The number of halogens is 2. The van der Waals surface area contributed by atoms with Crippen molar-refractivity contribution in [3.05, 3.63) is 90.0 Å². The van der Waals surface area contributed by atoms with Gasteiger partial charge in [0.2, 0.25) is 0 Å². The smallest absolute Gasteiger partial charge is 0.165 e. The molecule has 0 saturated carbocycles. The molecule has 0 saturated heterocycles. The standard InChI is InChI=1S/C24H21F2N3/c1-16(11-12-17-7-3-2-4-8-17)27-24-20-9-5-6-10-22(20)28-23(29-24)19-14-13-18(25)15-21(19)26/h2-10,13-16H,11-12H2,1H3,(H,27,28,29)/t16-/m0/s1. The summed E-state index contributed by atoms with van der Waals surface area (Å²) in [6.07, 6.45) is 1.86. The molecular formula is C24H21F2N3. The predicted octanol–water partition coefficient (Wildman–Crippen LogP) is 6.01. The second kappa shape index (κ2) is 8.35. The Morgan fingerprint density at radius 2 is 1.66 bits per heavy atom. The lowest BCUT2D eigenvalue weighted by atomic mass is 10.1. The summed E-state index contributed by atoms with van der Waals surface area (Å²) in [5.41, 5.74) is 2.17. The lowest BCUT2D eigenvalue weighted by Crippen LogP contribution is -2.17. The number of fused-ring (bicyclic) bond motifs is 1. The van der Waals surface area contributed by atoms with Crippen LogP contribution in [0.1, 0.15) is 18.9 Å². The highest BCUT2D eigenvalue weighted by molar-refractivity contribution is 5.90. The topological polar surface area (TPSA) is 37.8 Å². The number of anilines is 1. The fourth-order valence-electron chi connectivity index (χ4n) is 3.31. The van der Waals surface area contributed by atoms with Crippen molar-refractivity contribution >= 4 is 16.7 Å². The van der Waals surface area contributed by atoms with Crippen molar-refractivity contribution in [3.63, 3.8) is 0 Å². The van der Waals surface area contributed by atoms with Gasteiger partial charge in [-0.15, -0.1) is 0 Å². The van der Waals surface area contributed by atoms with Gasteiger partial charge in [-0.25, -0.2) is 18.7 Å². The number of nitrogens with one attached hydrogen (secondary N) is 1. The van der Waals surface area contributed by atoms with E-state index in [1.807, 2.05) is 42.5 Å². The molecule has 0 radical (unpaired) electrons. The average molecular weight is 389 g/mol. The van der Waals surface area contributed by atoms with Crippen molar-refractivity contribution in [2.75, 3.05) is 5.32 Å². The first-order chi connectivity index (χ1) is 14.1. The van der Waals surface area contributed by atoms with E-state index >= 15 is 0 Å². The first-order valence-electron chi connectivity index (χ1n) is 9.63. The number of para-hydroxylation sites is 1. The van der Waals surface area contributed by atoms with Crippen LogP contribution in [0.5, 0.6) is 0 Å². The Kier molecular flexibility index (Phi) is 5.47. The monoisotopic (exact) mass is 389 g/mol. The number of hydrogen-bond donors (Lipinski definition) is 1. The maximum atomic E-state index is 14.3. The first kappa shape index (κ1) is 19.0. The van der Waals surface area contributed by atoms with Gasteiger partial charge in [0.1, 0.15) is 17.5 Å². The number of aromatic nitrogens is 2. The molecule has 0 amide bonds. The average Bonchev–Trinajstić information content (AvgIpc) is 2.73. The Morgan fingerprint density at radius 3 is 2.45 bits per heavy atom. The SMILES string of the molecule is C[C@@H](CCc1ccccc1)Nc1nc(-c2ccc(F)cc2F)nc2ccccc12. The quantitative estimate of drug-likeness (QED) is 0.439. The molecule has 5 heteroatoms. The Bertz CT molecular complexity index is 1130. The highest BCUT2D eigenvalue weighted by atomic mass is 19.1. The minimum atomic E-state index is -0.677. The summed E-state index contributed by atoms with van der Waals surface area (Å²) in [6, 6.07) is 21.5. The molecule has 3 nitrogen and oxygen atoms in total. The minimum Gasteiger partial charge on any atom is -0.367 e. The molecular weight excluding hydrogens is 368 g/mol. The van der Waals surface area contributed by atoms with E-state index in [9.17, 15) is 8.78 Å². The van der Waals surface area contributed by atoms with Crippen LogP contribution in [0.3, 0.4) is 0 Å². The Balaban J connectivity index is 1.64. The summed E-state index contributed by atoms with van der Waals surface area (Å²) in [5, 5.41) is 4.31. The first-order valence-corrected chi connectivity index (χ1v) is 9.63. The van der Waals surface area contributed by atoms with E-state index < -0.39 is 11.6 Å². The molecule has 0 aliphatic heterocycles. The van der Waals surface area contributed by atoms with Gasteiger partial charge in [0.25, 0.3) is 0 Å². The van der Waals surface area contributed by atoms with Crippen molar-refractivity contribution in [1.82, 2.24) is 9.97 Å². The molecule has 0 aliphatic rings. The molecule has 29 heavy (non-hydrogen) atoms. The highest BCUT2D eigenvalue weighted by Gasteiger charge is 2.14. The van der Waals surface area contributed by atoms with Crippen molar-refractivity contribution in [2.24, 2.45) is 0 Å². The van der Waals surface area contributed by atoms with Crippen molar-refractivity contribution in [1.29, 1.82) is 0 Å². The van der Waals surface area contributed by atoms with Gasteiger partial charge in [-0.1, -0.05) is 42.5 Å². The van der Waals surface area contributed by atoms with E-state index in [4.69, 9.17) is 0 Å². The minimum absolute atomic E-state index is 0.152. The number of aryl methyl sites for hydroxylation is 1. The van der Waals surface area contributed by atoms with Gasteiger partial charge in [0, 0.05) is 17.5 Å². The van der Waals surface area contributed by atoms with Crippen molar-refractivity contribution in [3.8, 4) is 11.4 Å². The molecule has 1 atom stereocenters. The van der Waals surface area contributed by atoms with E-state index in [1.165, 1.54) is 17.7 Å². The van der Waals surface area contributed by atoms with E-state index in [2.05, 4.69) is 34.3 Å². The van der Waals surface area contributed by atoms with Crippen LogP contribution in [0.4, 0.5) is 14.6 Å². The summed E-state index contributed by atoms with van der Waals surface area (Å²) in [5.74, 6) is -0.419. The summed E-state index contributed by atoms with van der Waals surface area (Å²) >= 11 is 0. The summed E-state index contributed by atoms with van der Waals surface area (Å²) in [6.45, 7) is 2.10. The van der Waals surface area contributed by atoms with Crippen LogP contribution in [0.15, 0.2) is 72.8 Å². The summed E-state index contributed by atoms with van der Waals surface area (Å²) in [4.78, 5) is 9.06. The van der Waals surface area contributed by atoms with Crippen LogP contribution >= 0.6 is 0 Å². The van der Waals surface area contributed by atoms with Crippen LogP contribution in [0, 0.1) is 11.6 Å². The van der Waals surface area contributed by atoms with Crippen molar-refractivity contribution in [2.45, 2.75) is 25.8 Å². The lowest BCUT2D eigenvalue weighted by molar-refractivity contribution is 0.585. The van der Waals surface area contributed by atoms with Crippen LogP contribution in [-0.2, 0) is 6.42 Å². The van der Waals surface area contributed by atoms with E-state index in [1.54, 1.807) is 0 Å². The molecule has 1 heterocycles. The van der Waals surface area contributed by atoms with E-state index in [0.717, 1.165) is 24.3 Å². The summed E-state index contributed by atoms with van der Waals surface area (Å²) < 4.78 is 27.6. The molecule has 1 aromatic heterocycles. The molecule has 0 fully saturated rings. The fourth-order valence-corrected chi connectivity index (χ4v) is 3.31. The third kappa shape index (κ3) is 4.40. The zero-order valence-electron chi connectivity index (χ0n) is 16.1. The van der Waals surface area contributed by atoms with Crippen molar-refractivity contribution < 1.29 is 8.78 Å². The van der Waals surface area contributed by atoms with Gasteiger partial charge in [0.05, 0.1) is 11.1 Å². The number of benzene rings is 3. The largest absolute Gasteiger partial charge is 0.367 e. The van der Waals surface area contributed by atoms with Crippen LogP contribution < -0.4 is 5.32 Å². The van der Waals surface area contributed by atoms with E-state index in [-0.39, 0.29) is 17.4 Å². The fraction of sp³-hybridized carbons (Fsp3) is 0.167.